The van der Waals surface area contributed by atoms with Gasteiger partial charge < -0.3 is 4.74 Å². The van der Waals surface area contributed by atoms with E-state index in [2.05, 4.69) is 40.7 Å². The number of carbonyl (C=O) groups is 3. The van der Waals surface area contributed by atoms with E-state index in [1.165, 1.54) is 7.11 Å². The molecule has 3 aliphatic rings. The maximum atomic E-state index is 13.4. The molecule has 190 valence electrons. The van der Waals surface area contributed by atoms with E-state index in [0.29, 0.717) is 30.1 Å². The highest BCUT2D eigenvalue weighted by atomic mass is 16.5. The normalized spacial score (nSPS) is 34.9. The number of hydrogen-bond acceptors (Lipinski definition) is 4. The van der Waals surface area contributed by atoms with Crippen LogP contribution in [0.15, 0.2) is 58.7 Å². The highest BCUT2D eigenvalue weighted by Crippen LogP contribution is 2.68. The van der Waals surface area contributed by atoms with Gasteiger partial charge in [0.15, 0.2) is 5.78 Å². The van der Waals surface area contributed by atoms with Crippen molar-refractivity contribution in [2.75, 3.05) is 7.11 Å². The standard InChI is InChI=1S/C31H42O4/c1-20(12-10-14-22(3)28(34)35-8)11-9-13-21(2)27-23(32)19-25-30(6)18-16-26(33)29(4,5)24(30)15-17-31(25,27)7/h9-14,24-25H,15-19H2,1-8H3/b12-10+,13-9+,20-11+,22-14+,27-21?/t24-,25-,30-,31-/m0/s1. The Kier molecular flexibility index (Phi) is 7.64. The lowest BCUT2D eigenvalue weighted by molar-refractivity contribution is -0.154. The number of methoxy groups -OCH3 is 1. The Morgan fingerprint density at radius 1 is 0.943 bits per heavy atom. The van der Waals surface area contributed by atoms with Gasteiger partial charge in [0.05, 0.1) is 7.11 Å². The topological polar surface area (TPSA) is 60.4 Å². The van der Waals surface area contributed by atoms with Crippen LogP contribution in [0, 0.1) is 28.1 Å². The van der Waals surface area contributed by atoms with Crippen LogP contribution in [0.1, 0.15) is 80.6 Å². The molecule has 0 saturated heterocycles. The summed E-state index contributed by atoms with van der Waals surface area (Å²) in [6, 6.07) is 0. The van der Waals surface area contributed by atoms with Crippen LogP contribution < -0.4 is 0 Å². The van der Waals surface area contributed by atoms with E-state index in [-0.39, 0.29) is 33.9 Å². The van der Waals surface area contributed by atoms with Gasteiger partial charge in [0.1, 0.15) is 5.78 Å². The fourth-order valence-electron chi connectivity index (χ4n) is 7.44. The molecule has 4 nitrogen and oxygen atoms in total. The first kappa shape index (κ1) is 27.1. The molecule has 0 amide bonds. The molecule has 3 rings (SSSR count). The Balaban J connectivity index is 1.83. The Morgan fingerprint density at radius 3 is 2.26 bits per heavy atom. The summed E-state index contributed by atoms with van der Waals surface area (Å²) >= 11 is 0. The van der Waals surface area contributed by atoms with E-state index >= 15 is 0 Å². The summed E-state index contributed by atoms with van der Waals surface area (Å²) in [6.45, 7) is 14.7. The summed E-state index contributed by atoms with van der Waals surface area (Å²) < 4.78 is 4.70. The highest BCUT2D eigenvalue weighted by Gasteiger charge is 2.64. The molecule has 0 spiro atoms. The van der Waals surface area contributed by atoms with Crippen LogP contribution in [-0.2, 0) is 19.1 Å². The first-order valence-electron chi connectivity index (χ1n) is 12.8. The second kappa shape index (κ2) is 9.87. The molecule has 0 unspecified atom stereocenters. The number of rotatable bonds is 5. The Labute approximate surface area is 211 Å². The molecule has 4 heteroatoms. The molecule has 0 bridgehead atoms. The van der Waals surface area contributed by atoms with Crippen LogP contribution in [0.4, 0.5) is 0 Å². The monoisotopic (exact) mass is 478 g/mol. The molecule has 0 radical (unpaired) electrons. The van der Waals surface area contributed by atoms with Crippen molar-refractivity contribution < 1.29 is 19.1 Å². The molecule has 35 heavy (non-hydrogen) atoms. The Morgan fingerprint density at radius 2 is 1.60 bits per heavy atom. The SMILES string of the molecule is COC(=O)/C(C)=C/C=C/C(C)=C/C=C/C(C)=C1C(=O)C[C@H]2[C@@]3(C)CCC(=O)C(C)(C)[C@@H]3CC[C@]12C. The first-order chi connectivity index (χ1) is 16.3. The third-order valence-electron chi connectivity index (χ3n) is 9.35. The number of ether oxygens (including phenoxy) is 1. The van der Waals surface area contributed by atoms with Crippen molar-refractivity contribution in [1.82, 2.24) is 0 Å². The fourth-order valence-corrected chi connectivity index (χ4v) is 7.44. The molecule has 3 fully saturated rings. The second-order valence-electron chi connectivity index (χ2n) is 11.9. The highest BCUT2D eigenvalue weighted by molar-refractivity contribution is 6.01. The maximum Gasteiger partial charge on any atom is 0.333 e. The van der Waals surface area contributed by atoms with Gasteiger partial charge in [-0.3, -0.25) is 9.59 Å². The second-order valence-corrected chi connectivity index (χ2v) is 11.9. The Bertz CT molecular complexity index is 1060. The van der Waals surface area contributed by atoms with Crippen molar-refractivity contribution in [1.29, 1.82) is 0 Å². The van der Waals surface area contributed by atoms with E-state index < -0.39 is 0 Å². The number of esters is 1. The number of Topliss-reactive ketones (excluding diaryl/α,β-unsaturated/α-hetero) is 2. The quantitative estimate of drug-likeness (QED) is 0.245. The molecule has 0 aromatic carbocycles. The van der Waals surface area contributed by atoms with Crippen LogP contribution in [0.25, 0.3) is 0 Å². The van der Waals surface area contributed by atoms with Gasteiger partial charge in [-0.25, -0.2) is 4.79 Å². The largest absolute Gasteiger partial charge is 0.466 e. The van der Waals surface area contributed by atoms with Gasteiger partial charge in [-0.15, -0.1) is 0 Å². The average Bonchev–Trinajstić information content (AvgIpc) is 3.07. The zero-order valence-corrected chi connectivity index (χ0v) is 22.8. The first-order valence-corrected chi connectivity index (χ1v) is 12.8. The number of ketones is 2. The minimum Gasteiger partial charge on any atom is -0.466 e. The summed E-state index contributed by atoms with van der Waals surface area (Å²) in [4.78, 5) is 37.6. The van der Waals surface area contributed by atoms with Crippen molar-refractivity contribution in [2.45, 2.75) is 80.6 Å². The molecule has 3 saturated carbocycles. The summed E-state index contributed by atoms with van der Waals surface area (Å²) in [5.74, 6) is 0.955. The van der Waals surface area contributed by atoms with Crippen molar-refractivity contribution in [3.05, 3.63) is 58.7 Å². The van der Waals surface area contributed by atoms with Crippen molar-refractivity contribution in [3.63, 3.8) is 0 Å². The van der Waals surface area contributed by atoms with Crippen LogP contribution in [0.2, 0.25) is 0 Å². The van der Waals surface area contributed by atoms with Crippen LogP contribution in [0.3, 0.4) is 0 Å². The predicted molar refractivity (Wildman–Crippen MR) is 141 cm³/mol. The lowest BCUT2D eigenvalue weighted by atomic mass is 9.43. The van der Waals surface area contributed by atoms with Gasteiger partial charge in [-0.1, -0.05) is 69.7 Å². The summed E-state index contributed by atoms with van der Waals surface area (Å²) in [7, 11) is 1.37. The maximum absolute atomic E-state index is 13.4. The molecule has 0 heterocycles. The van der Waals surface area contributed by atoms with E-state index in [4.69, 9.17) is 4.74 Å². The fraction of sp³-hybridized carbons (Fsp3) is 0.581. The van der Waals surface area contributed by atoms with Crippen LogP contribution in [-0.4, -0.2) is 24.6 Å². The molecular formula is C31H42O4. The van der Waals surface area contributed by atoms with Crippen molar-refractivity contribution in [3.8, 4) is 0 Å². The minimum absolute atomic E-state index is 0.0168. The smallest absolute Gasteiger partial charge is 0.333 e. The van der Waals surface area contributed by atoms with Gasteiger partial charge >= 0.3 is 5.97 Å². The molecule has 4 atom stereocenters. The van der Waals surface area contributed by atoms with E-state index in [0.717, 1.165) is 36.0 Å². The lowest BCUT2D eigenvalue weighted by Gasteiger charge is -2.60. The molecule has 0 aromatic heterocycles. The number of allylic oxidation sites excluding steroid dienone is 9. The van der Waals surface area contributed by atoms with Crippen molar-refractivity contribution in [2.24, 2.45) is 28.1 Å². The lowest BCUT2D eigenvalue weighted by Crippen LogP contribution is -2.56. The molecule has 3 aliphatic carbocycles. The van der Waals surface area contributed by atoms with Gasteiger partial charge in [0, 0.05) is 34.8 Å². The molecule has 0 aliphatic heterocycles. The number of hydrogen-bond donors (Lipinski definition) is 0. The summed E-state index contributed by atoms with van der Waals surface area (Å²) in [5.41, 5.74) is 3.19. The van der Waals surface area contributed by atoms with Crippen molar-refractivity contribution >= 4 is 17.5 Å². The summed E-state index contributed by atoms with van der Waals surface area (Å²) in [6.07, 6.45) is 15.6. The Hall–Kier alpha value is -2.49. The zero-order valence-electron chi connectivity index (χ0n) is 22.8. The van der Waals surface area contributed by atoms with Gasteiger partial charge in [-0.2, -0.15) is 0 Å². The van der Waals surface area contributed by atoms with E-state index in [1.54, 1.807) is 13.0 Å². The van der Waals surface area contributed by atoms with Gasteiger partial charge in [0.25, 0.3) is 0 Å². The molecule has 0 aromatic rings. The van der Waals surface area contributed by atoms with Crippen LogP contribution in [0.5, 0.6) is 0 Å². The average molecular weight is 479 g/mol. The van der Waals surface area contributed by atoms with Crippen LogP contribution >= 0.6 is 0 Å². The molecule has 0 N–H and O–H groups in total. The predicted octanol–water partition coefficient (Wildman–Crippen LogP) is 6.88. The number of carbonyl (C=O) groups excluding carboxylic acids is 3. The number of fused-ring (bicyclic) bond motifs is 3. The minimum atomic E-state index is -0.335. The van der Waals surface area contributed by atoms with E-state index in [1.807, 2.05) is 31.2 Å². The zero-order chi connectivity index (χ0) is 26.2. The third-order valence-corrected chi connectivity index (χ3v) is 9.35. The van der Waals surface area contributed by atoms with Gasteiger partial charge in [-0.05, 0) is 62.9 Å². The van der Waals surface area contributed by atoms with Gasteiger partial charge in [0.2, 0.25) is 0 Å². The third kappa shape index (κ3) is 4.81. The van der Waals surface area contributed by atoms with E-state index in [9.17, 15) is 14.4 Å². The summed E-state index contributed by atoms with van der Waals surface area (Å²) in [5, 5.41) is 0. The molecular weight excluding hydrogens is 436 g/mol.